The molecular formula is C15H17BrN4O. The first-order chi connectivity index (χ1) is 10.2. The molecule has 2 fully saturated rings. The van der Waals surface area contributed by atoms with Crippen LogP contribution in [0.1, 0.15) is 24.8 Å². The van der Waals surface area contributed by atoms with E-state index >= 15 is 0 Å². The topological polar surface area (TPSA) is 60.2 Å². The summed E-state index contributed by atoms with van der Waals surface area (Å²) in [5, 5.41) is 9.26. The summed E-state index contributed by atoms with van der Waals surface area (Å²) in [6.45, 7) is 3.10. The molecule has 0 bridgehead atoms. The molecular weight excluding hydrogens is 332 g/mol. The smallest absolute Gasteiger partial charge is 0.225 e. The van der Waals surface area contributed by atoms with Gasteiger partial charge in [0.1, 0.15) is 11.9 Å². The first-order valence-electron chi connectivity index (χ1n) is 7.28. The lowest BCUT2D eigenvalue weighted by Crippen LogP contribution is -2.36. The largest absolute Gasteiger partial charge is 0.354 e. The number of nitriles is 1. The van der Waals surface area contributed by atoms with Gasteiger partial charge >= 0.3 is 0 Å². The van der Waals surface area contributed by atoms with E-state index in [9.17, 15) is 10.1 Å². The summed E-state index contributed by atoms with van der Waals surface area (Å²) in [6.07, 6.45) is 4.73. The zero-order chi connectivity index (χ0) is 14.8. The van der Waals surface area contributed by atoms with Crippen LogP contribution >= 0.6 is 15.9 Å². The molecule has 0 atom stereocenters. The zero-order valence-corrected chi connectivity index (χ0v) is 13.3. The van der Waals surface area contributed by atoms with Gasteiger partial charge in [-0.1, -0.05) is 0 Å². The quantitative estimate of drug-likeness (QED) is 0.821. The van der Waals surface area contributed by atoms with Crippen LogP contribution in [0.2, 0.25) is 0 Å². The van der Waals surface area contributed by atoms with Crippen molar-refractivity contribution in [2.75, 3.05) is 31.1 Å². The second kappa shape index (κ2) is 6.02. The van der Waals surface area contributed by atoms with Crippen molar-refractivity contribution in [2.45, 2.75) is 19.3 Å². The molecule has 1 saturated carbocycles. The Bertz CT molecular complexity index is 594. The molecule has 1 aromatic heterocycles. The van der Waals surface area contributed by atoms with Gasteiger partial charge in [-0.3, -0.25) is 4.79 Å². The monoisotopic (exact) mass is 348 g/mol. The van der Waals surface area contributed by atoms with Crippen LogP contribution in [-0.4, -0.2) is 42.0 Å². The molecule has 5 nitrogen and oxygen atoms in total. The fourth-order valence-corrected chi connectivity index (χ4v) is 3.04. The van der Waals surface area contributed by atoms with Crippen molar-refractivity contribution in [1.82, 2.24) is 9.88 Å². The van der Waals surface area contributed by atoms with Crippen LogP contribution in [0.3, 0.4) is 0 Å². The van der Waals surface area contributed by atoms with Crippen molar-refractivity contribution in [3.8, 4) is 6.07 Å². The van der Waals surface area contributed by atoms with Crippen LogP contribution in [0.15, 0.2) is 16.7 Å². The number of aromatic nitrogens is 1. The van der Waals surface area contributed by atoms with Crippen LogP contribution < -0.4 is 4.90 Å². The Hall–Kier alpha value is -1.61. The fraction of sp³-hybridized carbons (Fsp3) is 0.533. The van der Waals surface area contributed by atoms with Gasteiger partial charge in [-0.25, -0.2) is 4.98 Å². The molecule has 2 aliphatic rings. The molecule has 0 aromatic carbocycles. The number of halogens is 1. The van der Waals surface area contributed by atoms with Crippen LogP contribution in [0.25, 0.3) is 0 Å². The predicted octanol–water partition coefficient (Wildman–Crippen LogP) is 2.16. The van der Waals surface area contributed by atoms with E-state index in [-0.39, 0.29) is 5.92 Å². The lowest BCUT2D eigenvalue weighted by atomic mass is 10.2. The lowest BCUT2D eigenvalue weighted by Gasteiger charge is -2.23. The molecule has 6 heteroatoms. The second-order valence-electron chi connectivity index (χ2n) is 5.58. The van der Waals surface area contributed by atoms with E-state index in [0.29, 0.717) is 11.5 Å². The Morgan fingerprint density at radius 2 is 2.14 bits per heavy atom. The zero-order valence-electron chi connectivity index (χ0n) is 11.8. The Morgan fingerprint density at radius 3 is 2.86 bits per heavy atom. The highest BCUT2D eigenvalue weighted by Crippen LogP contribution is 2.31. The average Bonchev–Trinajstić information content (AvgIpc) is 3.33. The fourth-order valence-electron chi connectivity index (χ4n) is 2.70. The molecule has 2 heterocycles. The van der Waals surface area contributed by atoms with Crippen molar-refractivity contribution >= 4 is 27.7 Å². The van der Waals surface area contributed by atoms with E-state index < -0.39 is 0 Å². The van der Waals surface area contributed by atoms with Crippen molar-refractivity contribution in [3.05, 3.63) is 22.3 Å². The summed E-state index contributed by atoms with van der Waals surface area (Å²) < 4.78 is 0.808. The number of rotatable bonds is 2. The molecule has 1 aromatic rings. The van der Waals surface area contributed by atoms with Gasteiger partial charge in [-0.05, 0) is 41.3 Å². The maximum Gasteiger partial charge on any atom is 0.225 e. The van der Waals surface area contributed by atoms with Crippen molar-refractivity contribution in [1.29, 1.82) is 5.26 Å². The molecule has 3 rings (SSSR count). The Balaban J connectivity index is 1.73. The molecule has 0 N–H and O–H groups in total. The van der Waals surface area contributed by atoms with Gasteiger partial charge in [-0.15, -0.1) is 0 Å². The van der Waals surface area contributed by atoms with Crippen molar-refractivity contribution in [3.63, 3.8) is 0 Å². The predicted molar refractivity (Wildman–Crippen MR) is 82.8 cm³/mol. The van der Waals surface area contributed by atoms with Gasteiger partial charge in [0.15, 0.2) is 0 Å². The standard InChI is InChI=1S/C15H17BrN4O/c16-13-8-12(9-17)14(18-10-13)19-4-1-5-20(7-6-19)15(21)11-2-3-11/h8,10-11H,1-7H2. The molecule has 1 amide bonds. The number of anilines is 1. The van der Waals surface area contributed by atoms with E-state index in [2.05, 4.69) is 31.9 Å². The minimum atomic E-state index is 0.275. The first kappa shape index (κ1) is 14.3. The lowest BCUT2D eigenvalue weighted by molar-refractivity contribution is -0.132. The molecule has 110 valence electrons. The number of nitrogens with zero attached hydrogens (tertiary/aromatic N) is 4. The number of hydrogen-bond donors (Lipinski definition) is 0. The van der Waals surface area contributed by atoms with Gasteiger partial charge in [0.2, 0.25) is 5.91 Å². The molecule has 0 spiro atoms. The van der Waals surface area contributed by atoms with E-state index in [1.54, 1.807) is 12.3 Å². The van der Waals surface area contributed by atoms with Crippen molar-refractivity contribution in [2.24, 2.45) is 5.92 Å². The Morgan fingerprint density at radius 1 is 1.33 bits per heavy atom. The van der Waals surface area contributed by atoms with Crippen LogP contribution in [0.4, 0.5) is 5.82 Å². The number of carbonyl (C=O) groups excluding carboxylic acids is 1. The number of carbonyl (C=O) groups is 1. The summed E-state index contributed by atoms with van der Waals surface area (Å²) in [5.41, 5.74) is 0.575. The minimum absolute atomic E-state index is 0.275. The number of hydrogen-bond acceptors (Lipinski definition) is 4. The van der Waals surface area contributed by atoms with Gasteiger partial charge < -0.3 is 9.80 Å². The highest BCUT2D eigenvalue weighted by Gasteiger charge is 2.34. The van der Waals surface area contributed by atoms with Gasteiger partial charge in [0, 0.05) is 42.8 Å². The van der Waals surface area contributed by atoms with Crippen molar-refractivity contribution < 1.29 is 4.79 Å². The number of pyridine rings is 1. The minimum Gasteiger partial charge on any atom is -0.354 e. The highest BCUT2D eigenvalue weighted by molar-refractivity contribution is 9.10. The third-order valence-electron chi connectivity index (χ3n) is 3.99. The van der Waals surface area contributed by atoms with E-state index in [0.717, 1.165) is 55.7 Å². The molecule has 1 saturated heterocycles. The summed E-state index contributed by atoms with van der Waals surface area (Å²) in [6, 6.07) is 3.99. The SMILES string of the molecule is N#Cc1cc(Br)cnc1N1CCCN(C(=O)C2CC2)CC1. The van der Waals surface area contributed by atoms with Gasteiger partial charge in [0.05, 0.1) is 5.56 Å². The molecule has 1 aliphatic heterocycles. The Kier molecular flexibility index (Phi) is 4.11. The second-order valence-corrected chi connectivity index (χ2v) is 6.49. The van der Waals surface area contributed by atoms with Gasteiger partial charge in [0.25, 0.3) is 0 Å². The van der Waals surface area contributed by atoms with E-state index in [1.165, 1.54) is 0 Å². The Labute approximate surface area is 132 Å². The average molecular weight is 349 g/mol. The first-order valence-corrected chi connectivity index (χ1v) is 8.07. The maximum absolute atomic E-state index is 12.2. The molecule has 1 aliphatic carbocycles. The normalized spacial score (nSPS) is 19.0. The third-order valence-corrected chi connectivity index (χ3v) is 4.42. The molecule has 0 unspecified atom stereocenters. The highest BCUT2D eigenvalue weighted by atomic mass is 79.9. The summed E-state index contributed by atoms with van der Waals surface area (Å²) in [4.78, 5) is 20.6. The maximum atomic E-state index is 12.2. The summed E-state index contributed by atoms with van der Waals surface area (Å²) in [5.74, 6) is 1.31. The third kappa shape index (κ3) is 3.18. The molecule has 21 heavy (non-hydrogen) atoms. The van der Waals surface area contributed by atoms with E-state index in [4.69, 9.17) is 0 Å². The van der Waals surface area contributed by atoms with Gasteiger partial charge in [-0.2, -0.15) is 5.26 Å². The van der Waals surface area contributed by atoms with Crippen LogP contribution in [0, 0.1) is 17.2 Å². The van der Waals surface area contributed by atoms with E-state index in [1.807, 2.05) is 4.90 Å². The summed E-state index contributed by atoms with van der Waals surface area (Å²) >= 11 is 3.34. The molecule has 0 radical (unpaired) electrons. The van der Waals surface area contributed by atoms with Crippen LogP contribution in [-0.2, 0) is 4.79 Å². The summed E-state index contributed by atoms with van der Waals surface area (Å²) in [7, 11) is 0. The number of amides is 1. The van der Waals surface area contributed by atoms with Crippen LogP contribution in [0.5, 0.6) is 0 Å².